The number of nitrogens with zero attached hydrogens (tertiary/aromatic N) is 3. The number of piperazine rings is 1. The molecule has 0 atom stereocenters. The molecule has 0 spiro atoms. The topological polar surface area (TPSA) is 53.1 Å². The minimum absolute atomic E-state index is 0.00344. The second-order valence-corrected chi connectivity index (χ2v) is 8.86. The average molecular weight is 444 g/mol. The van der Waals surface area contributed by atoms with Gasteiger partial charge in [-0.1, -0.05) is 30.5 Å². The molecule has 0 aliphatic carbocycles. The van der Waals surface area contributed by atoms with Crippen molar-refractivity contribution in [1.82, 2.24) is 14.7 Å². The number of fused-ring (bicyclic) bond motifs is 1. The number of ether oxygens (including phenoxy) is 1. The Hall–Kier alpha value is -2.31. The molecule has 2 amide bonds. The van der Waals surface area contributed by atoms with Gasteiger partial charge >= 0.3 is 0 Å². The van der Waals surface area contributed by atoms with E-state index in [1.807, 2.05) is 34.1 Å². The molecule has 4 rings (SSSR count). The van der Waals surface area contributed by atoms with Crippen LogP contribution in [0.1, 0.15) is 31.2 Å². The van der Waals surface area contributed by atoms with Crippen LogP contribution < -0.4 is 4.74 Å². The minimum Gasteiger partial charge on any atom is -0.488 e. The number of likely N-dealkylation sites (tertiary alicyclic amines) is 1. The lowest BCUT2D eigenvalue weighted by Gasteiger charge is -2.35. The Labute approximate surface area is 189 Å². The van der Waals surface area contributed by atoms with E-state index in [0.717, 1.165) is 55.9 Å². The summed E-state index contributed by atoms with van der Waals surface area (Å²) in [5, 5.41) is 0.659. The zero-order valence-corrected chi connectivity index (χ0v) is 18.6. The fourth-order valence-corrected chi connectivity index (χ4v) is 4.46. The van der Waals surface area contributed by atoms with Crippen LogP contribution in [0.4, 0.5) is 0 Å². The van der Waals surface area contributed by atoms with E-state index in [1.165, 1.54) is 12.8 Å². The Kier molecular flexibility index (Phi) is 7.30. The van der Waals surface area contributed by atoms with E-state index in [0.29, 0.717) is 31.3 Å². The van der Waals surface area contributed by atoms with E-state index in [2.05, 4.69) is 4.90 Å². The SMILES string of the molecule is O=C(/C=C\C1=Cc2cc(Cl)ccc2OC1)N1CCN(CC(=O)N2CCCCCC2)CC1. The molecule has 31 heavy (non-hydrogen) atoms. The number of hydrogen-bond donors (Lipinski definition) is 0. The zero-order valence-electron chi connectivity index (χ0n) is 17.9. The number of benzene rings is 1. The highest BCUT2D eigenvalue weighted by molar-refractivity contribution is 6.30. The van der Waals surface area contributed by atoms with Gasteiger partial charge in [-0.15, -0.1) is 0 Å². The van der Waals surface area contributed by atoms with Crippen molar-refractivity contribution in [3.8, 4) is 5.75 Å². The lowest BCUT2D eigenvalue weighted by molar-refractivity contribution is -0.133. The van der Waals surface area contributed by atoms with Crippen molar-refractivity contribution in [2.24, 2.45) is 0 Å². The summed E-state index contributed by atoms with van der Waals surface area (Å²) < 4.78 is 5.73. The lowest BCUT2D eigenvalue weighted by Crippen LogP contribution is -2.51. The van der Waals surface area contributed by atoms with Crippen LogP contribution >= 0.6 is 11.6 Å². The van der Waals surface area contributed by atoms with E-state index < -0.39 is 0 Å². The Morgan fingerprint density at radius 1 is 0.968 bits per heavy atom. The summed E-state index contributed by atoms with van der Waals surface area (Å²) in [4.78, 5) is 31.2. The van der Waals surface area contributed by atoms with Crippen LogP contribution in [0.25, 0.3) is 6.08 Å². The summed E-state index contributed by atoms with van der Waals surface area (Å²) in [6.45, 7) is 5.42. The Morgan fingerprint density at radius 2 is 1.71 bits per heavy atom. The number of rotatable bonds is 4. The molecule has 2 fully saturated rings. The van der Waals surface area contributed by atoms with Gasteiger partial charge in [-0.2, -0.15) is 0 Å². The highest BCUT2D eigenvalue weighted by Gasteiger charge is 2.24. The smallest absolute Gasteiger partial charge is 0.246 e. The van der Waals surface area contributed by atoms with Gasteiger partial charge in [-0.3, -0.25) is 14.5 Å². The van der Waals surface area contributed by atoms with Crippen LogP contribution in [-0.4, -0.2) is 78.9 Å². The van der Waals surface area contributed by atoms with E-state index >= 15 is 0 Å². The fraction of sp³-hybridized carbons (Fsp3) is 0.500. The summed E-state index contributed by atoms with van der Waals surface area (Å²) in [5.41, 5.74) is 1.86. The Morgan fingerprint density at radius 3 is 2.45 bits per heavy atom. The molecule has 2 saturated heterocycles. The van der Waals surface area contributed by atoms with Crippen molar-refractivity contribution >= 4 is 29.5 Å². The predicted molar refractivity (Wildman–Crippen MR) is 122 cm³/mol. The van der Waals surface area contributed by atoms with Gasteiger partial charge in [0, 0.05) is 55.9 Å². The molecule has 0 saturated carbocycles. The highest BCUT2D eigenvalue weighted by Crippen LogP contribution is 2.29. The van der Waals surface area contributed by atoms with E-state index in [4.69, 9.17) is 16.3 Å². The predicted octanol–water partition coefficient (Wildman–Crippen LogP) is 3.22. The van der Waals surface area contributed by atoms with E-state index in [9.17, 15) is 9.59 Å². The van der Waals surface area contributed by atoms with Gasteiger partial charge in [0.05, 0.1) is 6.54 Å². The number of amides is 2. The fourth-order valence-electron chi connectivity index (χ4n) is 4.28. The first-order valence-corrected chi connectivity index (χ1v) is 11.6. The van der Waals surface area contributed by atoms with Gasteiger partial charge in [0.2, 0.25) is 11.8 Å². The summed E-state index contributed by atoms with van der Waals surface area (Å²) in [6.07, 6.45) is 10.1. The first-order chi connectivity index (χ1) is 15.1. The summed E-state index contributed by atoms with van der Waals surface area (Å²) in [7, 11) is 0. The maximum absolute atomic E-state index is 12.6. The molecule has 7 heteroatoms. The third-order valence-corrected chi connectivity index (χ3v) is 6.38. The van der Waals surface area contributed by atoms with Crippen molar-refractivity contribution in [1.29, 1.82) is 0 Å². The lowest BCUT2D eigenvalue weighted by atomic mass is 10.1. The first-order valence-electron chi connectivity index (χ1n) is 11.2. The van der Waals surface area contributed by atoms with E-state index in [-0.39, 0.29) is 11.8 Å². The molecule has 3 aliphatic rings. The molecule has 0 radical (unpaired) electrons. The zero-order chi connectivity index (χ0) is 21.6. The summed E-state index contributed by atoms with van der Waals surface area (Å²) >= 11 is 6.06. The number of halogens is 1. The molecule has 1 aromatic rings. The van der Waals surface area contributed by atoms with Crippen LogP contribution in [0, 0.1) is 0 Å². The van der Waals surface area contributed by atoms with Crippen molar-refractivity contribution in [2.45, 2.75) is 25.7 Å². The number of carbonyl (C=O) groups excluding carboxylic acids is 2. The quantitative estimate of drug-likeness (QED) is 0.670. The first kappa shape index (κ1) is 21.9. The van der Waals surface area contributed by atoms with Gasteiger partial charge in [-0.25, -0.2) is 0 Å². The Balaban J connectivity index is 1.25. The van der Waals surface area contributed by atoms with Gasteiger partial charge in [-0.05, 0) is 42.7 Å². The molecule has 3 aliphatic heterocycles. The molecule has 6 nitrogen and oxygen atoms in total. The maximum atomic E-state index is 12.6. The molecule has 0 N–H and O–H groups in total. The van der Waals surface area contributed by atoms with E-state index in [1.54, 1.807) is 12.1 Å². The van der Waals surface area contributed by atoms with Gasteiger partial charge in [0.25, 0.3) is 0 Å². The third-order valence-electron chi connectivity index (χ3n) is 6.15. The van der Waals surface area contributed by atoms with Crippen LogP contribution in [0.15, 0.2) is 35.9 Å². The molecule has 0 unspecified atom stereocenters. The molecule has 166 valence electrons. The molecule has 1 aromatic carbocycles. The second kappa shape index (κ2) is 10.3. The van der Waals surface area contributed by atoms with Gasteiger partial charge in [0.1, 0.15) is 12.4 Å². The third kappa shape index (κ3) is 5.89. The monoisotopic (exact) mass is 443 g/mol. The van der Waals surface area contributed by atoms with Gasteiger partial charge < -0.3 is 14.5 Å². The van der Waals surface area contributed by atoms with Crippen molar-refractivity contribution in [3.63, 3.8) is 0 Å². The summed E-state index contributed by atoms with van der Waals surface area (Å²) in [5.74, 6) is 1.03. The van der Waals surface area contributed by atoms with Gasteiger partial charge in [0.15, 0.2) is 0 Å². The molecule has 3 heterocycles. The average Bonchev–Trinajstić information content (AvgIpc) is 3.07. The standard InChI is InChI=1S/C24H30ClN3O3/c25-21-6-7-22-20(16-21)15-19(18-31-22)5-8-23(29)28-13-11-26(12-14-28)17-24(30)27-9-3-1-2-4-10-27/h5-8,15-16H,1-4,9-14,17-18H2/b8-5-. The molecule has 0 bridgehead atoms. The van der Waals surface area contributed by atoms with Crippen LogP contribution in [0.3, 0.4) is 0 Å². The van der Waals surface area contributed by atoms with Crippen molar-refractivity contribution in [2.75, 3.05) is 52.4 Å². The molecular weight excluding hydrogens is 414 g/mol. The normalized spacial score (nSPS) is 20.1. The largest absolute Gasteiger partial charge is 0.488 e. The minimum atomic E-state index is -0.00344. The van der Waals surface area contributed by atoms with Crippen molar-refractivity contribution in [3.05, 3.63) is 46.5 Å². The van der Waals surface area contributed by atoms with Crippen LogP contribution in [0.2, 0.25) is 5.02 Å². The molecular formula is C24H30ClN3O3. The second-order valence-electron chi connectivity index (χ2n) is 8.42. The highest BCUT2D eigenvalue weighted by atomic mass is 35.5. The maximum Gasteiger partial charge on any atom is 0.246 e. The van der Waals surface area contributed by atoms with Crippen LogP contribution in [-0.2, 0) is 9.59 Å². The molecule has 0 aromatic heterocycles. The summed E-state index contributed by atoms with van der Waals surface area (Å²) in [6, 6.07) is 5.52. The number of carbonyl (C=O) groups is 2. The van der Waals surface area contributed by atoms with Crippen molar-refractivity contribution < 1.29 is 14.3 Å². The van der Waals surface area contributed by atoms with Crippen LogP contribution in [0.5, 0.6) is 5.75 Å². The Bertz CT molecular complexity index is 867. The number of hydrogen-bond acceptors (Lipinski definition) is 4.